The summed E-state index contributed by atoms with van der Waals surface area (Å²) in [4.78, 5) is 14.5. The monoisotopic (exact) mass is 394 g/mol. The van der Waals surface area contributed by atoms with Gasteiger partial charge in [0, 0.05) is 24.9 Å². The van der Waals surface area contributed by atoms with E-state index in [2.05, 4.69) is 30.3 Å². The first kappa shape index (κ1) is 18.4. The first-order valence-electron chi connectivity index (χ1n) is 10.3. The number of amides is 1. The molecule has 0 N–H and O–H groups in total. The molecule has 0 spiro atoms. The number of likely N-dealkylation sites (tertiary alicyclic amines) is 1. The molecule has 0 aromatic heterocycles. The van der Waals surface area contributed by atoms with E-state index in [-0.39, 0.29) is 23.8 Å². The molecule has 0 saturated carbocycles. The first-order valence-corrected chi connectivity index (χ1v) is 10.3. The van der Waals surface area contributed by atoms with Crippen LogP contribution in [0.5, 0.6) is 0 Å². The summed E-state index contributed by atoms with van der Waals surface area (Å²) in [7, 11) is 0. The molecule has 0 bridgehead atoms. The van der Waals surface area contributed by atoms with Crippen LogP contribution in [0, 0.1) is 17.2 Å². The van der Waals surface area contributed by atoms with Gasteiger partial charge in [-0.25, -0.2) is 4.79 Å². The van der Waals surface area contributed by atoms with Gasteiger partial charge in [-0.2, -0.15) is 5.26 Å². The molecule has 30 heavy (non-hydrogen) atoms. The molecule has 148 valence electrons. The van der Waals surface area contributed by atoms with Gasteiger partial charge in [0.25, 0.3) is 0 Å². The van der Waals surface area contributed by atoms with Gasteiger partial charge in [0.15, 0.2) is 0 Å². The SMILES string of the molecule is N#C[C@@H]1CN(C(=O)OCC2c3ccccc3-c3ccccc32)C[C@H]1c1ccccc1. The van der Waals surface area contributed by atoms with Crippen molar-refractivity contribution in [3.05, 3.63) is 95.6 Å². The molecule has 3 aromatic carbocycles. The predicted octanol–water partition coefficient (Wildman–Crippen LogP) is 5.17. The van der Waals surface area contributed by atoms with Crippen LogP contribution in [-0.4, -0.2) is 30.7 Å². The zero-order chi connectivity index (χ0) is 20.5. The topological polar surface area (TPSA) is 53.3 Å². The Morgan fingerprint density at radius 1 is 0.900 bits per heavy atom. The van der Waals surface area contributed by atoms with E-state index in [4.69, 9.17) is 4.74 Å². The molecule has 1 amide bonds. The van der Waals surface area contributed by atoms with Gasteiger partial charge in [0.05, 0.1) is 12.0 Å². The number of hydrogen-bond donors (Lipinski definition) is 0. The van der Waals surface area contributed by atoms with E-state index in [1.807, 2.05) is 54.6 Å². The summed E-state index contributed by atoms with van der Waals surface area (Å²) in [6.45, 7) is 1.22. The summed E-state index contributed by atoms with van der Waals surface area (Å²) < 4.78 is 5.78. The van der Waals surface area contributed by atoms with Gasteiger partial charge in [0.1, 0.15) is 6.61 Å². The quantitative estimate of drug-likeness (QED) is 0.615. The van der Waals surface area contributed by atoms with Crippen molar-refractivity contribution < 1.29 is 9.53 Å². The Balaban J connectivity index is 1.31. The Bertz CT molecular complexity index is 1070. The lowest BCUT2D eigenvalue weighted by atomic mass is 9.90. The van der Waals surface area contributed by atoms with Gasteiger partial charge in [0.2, 0.25) is 0 Å². The number of nitrogens with zero attached hydrogens (tertiary/aromatic N) is 2. The normalized spacial score (nSPS) is 19.8. The van der Waals surface area contributed by atoms with Crippen LogP contribution in [0.2, 0.25) is 0 Å². The third-order valence-corrected chi connectivity index (χ3v) is 6.31. The molecule has 0 radical (unpaired) electrons. The largest absolute Gasteiger partial charge is 0.448 e. The molecule has 1 saturated heterocycles. The summed E-state index contributed by atoms with van der Waals surface area (Å²) in [6.07, 6.45) is -0.337. The highest BCUT2D eigenvalue weighted by atomic mass is 16.6. The maximum atomic E-state index is 12.9. The Morgan fingerprint density at radius 3 is 2.13 bits per heavy atom. The Morgan fingerprint density at radius 2 is 1.50 bits per heavy atom. The first-order chi connectivity index (χ1) is 14.8. The molecular formula is C26H22N2O2. The third-order valence-electron chi connectivity index (χ3n) is 6.31. The second-order valence-electron chi connectivity index (χ2n) is 7.96. The van der Waals surface area contributed by atoms with E-state index in [9.17, 15) is 10.1 Å². The minimum atomic E-state index is -0.337. The van der Waals surface area contributed by atoms with E-state index in [1.54, 1.807) is 4.90 Å². The highest BCUT2D eigenvalue weighted by Crippen LogP contribution is 2.44. The van der Waals surface area contributed by atoms with Gasteiger partial charge in [-0.15, -0.1) is 0 Å². The summed E-state index contributed by atoms with van der Waals surface area (Å²) >= 11 is 0. The molecule has 2 atom stereocenters. The van der Waals surface area contributed by atoms with Crippen molar-refractivity contribution in [1.29, 1.82) is 5.26 Å². The molecule has 4 nitrogen and oxygen atoms in total. The lowest BCUT2D eigenvalue weighted by Gasteiger charge is -2.19. The van der Waals surface area contributed by atoms with Crippen LogP contribution in [0.3, 0.4) is 0 Å². The molecule has 0 unspecified atom stereocenters. The average molecular weight is 394 g/mol. The van der Waals surface area contributed by atoms with E-state index < -0.39 is 0 Å². The van der Waals surface area contributed by atoms with E-state index >= 15 is 0 Å². The lowest BCUT2D eigenvalue weighted by molar-refractivity contribution is 0.107. The fourth-order valence-corrected chi connectivity index (χ4v) is 4.81. The fourth-order valence-electron chi connectivity index (χ4n) is 4.81. The van der Waals surface area contributed by atoms with E-state index in [1.165, 1.54) is 22.3 Å². The van der Waals surface area contributed by atoms with Crippen LogP contribution in [0.1, 0.15) is 28.5 Å². The Hall–Kier alpha value is -3.58. The number of nitriles is 1. The van der Waals surface area contributed by atoms with Crippen molar-refractivity contribution in [3.63, 3.8) is 0 Å². The van der Waals surface area contributed by atoms with Gasteiger partial charge in [-0.3, -0.25) is 0 Å². The standard InChI is InChI=1S/C26H22N2O2/c27-14-19-15-28(16-24(19)18-8-2-1-3-9-18)26(29)30-17-25-22-12-6-4-10-20(22)21-11-5-7-13-23(21)25/h1-13,19,24-25H,15-17H2/t19-,24+/m1/s1. The van der Waals surface area contributed by atoms with Crippen molar-refractivity contribution in [2.24, 2.45) is 5.92 Å². The maximum Gasteiger partial charge on any atom is 0.409 e. The van der Waals surface area contributed by atoms with E-state index in [0.717, 1.165) is 5.56 Å². The van der Waals surface area contributed by atoms with Crippen LogP contribution in [0.15, 0.2) is 78.9 Å². The van der Waals surface area contributed by atoms with E-state index in [0.29, 0.717) is 19.7 Å². The maximum absolute atomic E-state index is 12.9. The van der Waals surface area contributed by atoms with Gasteiger partial charge < -0.3 is 9.64 Å². The van der Waals surface area contributed by atoms with Gasteiger partial charge in [-0.1, -0.05) is 78.9 Å². The summed E-state index contributed by atoms with van der Waals surface area (Å²) in [6, 6.07) is 28.9. The van der Waals surface area contributed by atoms with Crippen LogP contribution in [-0.2, 0) is 4.74 Å². The summed E-state index contributed by atoms with van der Waals surface area (Å²) in [5.41, 5.74) is 5.92. The second kappa shape index (κ2) is 7.68. The summed E-state index contributed by atoms with van der Waals surface area (Å²) in [5.74, 6) is -0.148. The van der Waals surface area contributed by atoms with Crippen molar-refractivity contribution in [3.8, 4) is 17.2 Å². The molecular weight excluding hydrogens is 372 g/mol. The number of carbonyl (C=O) groups excluding carboxylic acids is 1. The van der Waals surface area contributed by atoms with Crippen molar-refractivity contribution >= 4 is 6.09 Å². The van der Waals surface area contributed by atoms with Crippen LogP contribution in [0.25, 0.3) is 11.1 Å². The number of ether oxygens (including phenoxy) is 1. The average Bonchev–Trinajstić information content (AvgIpc) is 3.38. The van der Waals surface area contributed by atoms with Crippen LogP contribution in [0.4, 0.5) is 4.79 Å². The second-order valence-corrected chi connectivity index (χ2v) is 7.96. The Labute approximate surface area is 176 Å². The lowest BCUT2D eigenvalue weighted by Crippen LogP contribution is -2.30. The smallest absolute Gasteiger partial charge is 0.409 e. The Kier molecular flexibility index (Phi) is 4.72. The number of fused-ring (bicyclic) bond motifs is 3. The molecule has 3 aromatic rings. The van der Waals surface area contributed by atoms with Gasteiger partial charge in [-0.05, 0) is 27.8 Å². The highest BCUT2D eigenvalue weighted by Gasteiger charge is 2.37. The van der Waals surface area contributed by atoms with Crippen LogP contribution >= 0.6 is 0 Å². The van der Waals surface area contributed by atoms with Crippen molar-refractivity contribution in [1.82, 2.24) is 4.90 Å². The highest BCUT2D eigenvalue weighted by molar-refractivity contribution is 5.79. The molecule has 1 fully saturated rings. The molecule has 5 rings (SSSR count). The number of hydrogen-bond acceptors (Lipinski definition) is 3. The predicted molar refractivity (Wildman–Crippen MR) is 115 cm³/mol. The third kappa shape index (κ3) is 3.13. The molecule has 4 heteroatoms. The molecule has 2 aliphatic rings. The molecule has 1 aliphatic heterocycles. The molecule has 1 aliphatic carbocycles. The van der Waals surface area contributed by atoms with Gasteiger partial charge >= 0.3 is 6.09 Å². The summed E-state index contributed by atoms with van der Waals surface area (Å²) in [5, 5.41) is 9.59. The molecule has 1 heterocycles. The number of carbonyl (C=O) groups is 1. The zero-order valence-corrected chi connectivity index (χ0v) is 16.6. The number of rotatable bonds is 3. The number of benzene rings is 3. The van der Waals surface area contributed by atoms with Crippen molar-refractivity contribution in [2.45, 2.75) is 11.8 Å². The minimum absolute atomic E-state index is 0.0247. The van der Waals surface area contributed by atoms with Crippen LogP contribution < -0.4 is 0 Å². The fraction of sp³-hybridized carbons (Fsp3) is 0.231. The minimum Gasteiger partial charge on any atom is -0.448 e. The zero-order valence-electron chi connectivity index (χ0n) is 16.6. The van der Waals surface area contributed by atoms with Crippen molar-refractivity contribution in [2.75, 3.05) is 19.7 Å².